The van der Waals surface area contributed by atoms with Crippen LogP contribution in [0.15, 0.2) is 59.2 Å². The first kappa shape index (κ1) is 14.0. The van der Waals surface area contributed by atoms with Gasteiger partial charge in [0.2, 0.25) is 0 Å². The zero-order valence-electron chi connectivity index (χ0n) is 11.5. The average molecular weight is 344 g/mol. The Bertz CT molecular complexity index is 781. The van der Waals surface area contributed by atoms with E-state index in [0.717, 1.165) is 26.7 Å². The monoisotopic (exact) mass is 343 g/mol. The lowest BCUT2D eigenvalue weighted by Gasteiger charge is -2.12. The normalized spacial score (nSPS) is 12.3. The summed E-state index contributed by atoms with van der Waals surface area (Å²) in [7, 11) is 0. The first-order valence-corrected chi connectivity index (χ1v) is 7.43. The highest BCUT2D eigenvalue weighted by molar-refractivity contribution is 9.10. The number of halogens is 1. The van der Waals surface area contributed by atoms with Gasteiger partial charge in [-0.15, -0.1) is 0 Å². The lowest BCUT2D eigenvalue weighted by atomic mass is 10.1. The van der Waals surface area contributed by atoms with Crippen molar-refractivity contribution in [2.75, 3.05) is 0 Å². The number of aromatic nitrogens is 1. The molecule has 0 bridgehead atoms. The van der Waals surface area contributed by atoms with Gasteiger partial charge in [0.15, 0.2) is 0 Å². The number of aliphatic hydroxyl groups is 1. The van der Waals surface area contributed by atoms with Gasteiger partial charge in [-0.05, 0) is 64.8 Å². The summed E-state index contributed by atoms with van der Waals surface area (Å²) >= 11 is 3.49. The van der Waals surface area contributed by atoms with Crippen LogP contribution >= 0.6 is 15.9 Å². The maximum atomic E-state index is 9.60. The summed E-state index contributed by atoms with van der Waals surface area (Å²) in [6, 6.07) is 15.2. The van der Waals surface area contributed by atoms with E-state index in [4.69, 9.17) is 4.74 Å². The van der Waals surface area contributed by atoms with Crippen LogP contribution in [0.5, 0.6) is 11.5 Å². The van der Waals surface area contributed by atoms with Gasteiger partial charge in [-0.2, -0.15) is 0 Å². The zero-order chi connectivity index (χ0) is 14.8. The molecule has 0 aliphatic heterocycles. The summed E-state index contributed by atoms with van der Waals surface area (Å²) in [5, 5.41) is 10.6. The molecule has 0 aliphatic carbocycles. The fourth-order valence-electron chi connectivity index (χ4n) is 2.14. The third-order valence-electron chi connectivity index (χ3n) is 3.26. The summed E-state index contributed by atoms with van der Waals surface area (Å²) in [4.78, 5) is 4.32. The van der Waals surface area contributed by atoms with Crippen LogP contribution in [-0.2, 0) is 0 Å². The molecule has 0 saturated carbocycles. The van der Waals surface area contributed by atoms with Gasteiger partial charge in [0.05, 0.1) is 16.1 Å². The van der Waals surface area contributed by atoms with Crippen molar-refractivity contribution < 1.29 is 9.84 Å². The van der Waals surface area contributed by atoms with Gasteiger partial charge in [-0.1, -0.05) is 12.1 Å². The summed E-state index contributed by atoms with van der Waals surface area (Å²) in [5.41, 5.74) is 1.74. The van der Waals surface area contributed by atoms with Crippen LogP contribution in [0.4, 0.5) is 0 Å². The van der Waals surface area contributed by atoms with Crippen LogP contribution < -0.4 is 4.74 Å². The summed E-state index contributed by atoms with van der Waals surface area (Å²) in [6.45, 7) is 1.73. The number of rotatable bonds is 3. The van der Waals surface area contributed by atoms with Crippen LogP contribution in [0, 0.1) is 0 Å². The van der Waals surface area contributed by atoms with Crippen molar-refractivity contribution in [2.45, 2.75) is 13.0 Å². The van der Waals surface area contributed by atoms with E-state index in [-0.39, 0.29) is 0 Å². The molecular formula is C17H14BrNO2. The fourth-order valence-corrected chi connectivity index (χ4v) is 2.62. The minimum atomic E-state index is -0.503. The number of pyridine rings is 1. The number of benzene rings is 2. The predicted octanol–water partition coefficient (Wildman–Crippen LogP) is 4.84. The molecule has 106 valence electrons. The molecular weight excluding hydrogens is 330 g/mol. The highest BCUT2D eigenvalue weighted by Gasteiger charge is 2.09. The Balaban J connectivity index is 1.99. The molecule has 0 amide bonds. The van der Waals surface area contributed by atoms with Crippen LogP contribution in [0.3, 0.4) is 0 Å². The number of ether oxygens (including phenoxy) is 1. The summed E-state index contributed by atoms with van der Waals surface area (Å²) in [6.07, 6.45) is 1.26. The molecule has 1 N–H and O–H groups in total. The molecule has 3 nitrogen and oxygen atoms in total. The minimum absolute atomic E-state index is 0.503. The van der Waals surface area contributed by atoms with Crippen molar-refractivity contribution in [3.8, 4) is 11.5 Å². The Kier molecular flexibility index (Phi) is 3.90. The Morgan fingerprint density at radius 2 is 1.95 bits per heavy atom. The SMILES string of the molecule is C[C@H](O)c1ccc(Oc2cccc3ncccc23)c(Br)c1. The first-order chi connectivity index (χ1) is 10.1. The van der Waals surface area contributed by atoms with Crippen LogP contribution in [0.2, 0.25) is 0 Å². The Morgan fingerprint density at radius 3 is 2.71 bits per heavy atom. The topological polar surface area (TPSA) is 42.4 Å². The van der Waals surface area contributed by atoms with Crippen molar-refractivity contribution in [1.29, 1.82) is 0 Å². The molecule has 0 spiro atoms. The lowest BCUT2D eigenvalue weighted by Crippen LogP contribution is -1.93. The Hall–Kier alpha value is -1.91. The van der Waals surface area contributed by atoms with Gasteiger partial charge >= 0.3 is 0 Å². The molecule has 0 aliphatic rings. The number of nitrogens with zero attached hydrogens (tertiary/aromatic N) is 1. The quantitative estimate of drug-likeness (QED) is 0.739. The number of fused-ring (bicyclic) bond motifs is 1. The molecule has 1 heterocycles. The van der Waals surface area contributed by atoms with E-state index in [1.54, 1.807) is 13.1 Å². The van der Waals surface area contributed by atoms with Crippen LogP contribution in [0.1, 0.15) is 18.6 Å². The van der Waals surface area contributed by atoms with Crippen molar-refractivity contribution in [3.63, 3.8) is 0 Å². The van der Waals surface area contributed by atoms with Crippen molar-refractivity contribution in [1.82, 2.24) is 4.98 Å². The van der Waals surface area contributed by atoms with Crippen LogP contribution in [0.25, 0.3) is 10.9 Å². The van der Waals surface area contributed by atoms with E-state index >= 15 is 0 Å². The predicted molar refractivity (Wildman–Crippen MR) is 86.6 cm³/mol. The molecule has 0 saturated heterocycles. The molecule has 3 aromatic rings. The van der Waals surface area contributed by atoms with Crippen molar-refractivity contribution in [3.05, 3.63) is 64.8 Å². The average Bonchev–Trinajstić information content (AvgIpc) is 2.49. The third kappa shape index (κ3) is 2.91. The van der Waals surface area contributed by atoms with Crippen molar-refractivity contribution >= 4 is 26.8 Å². The second-order valence-corrected chi connectivity index (χ2v) is 5.65. The van der Waals surface area contributed by atoms with Gasteiger partial charge in [0.25, 0.3) is 0 Å². The maximum Gasteiger partial charge on any atom is 0.141 e. The molecule has 2 aromatic carbocycles. The molecule has 0 unspecified atom stereocenters. The summed E-state index contributed by atoms with van der Waals surface area (Å²) in [5.74, 6) is 1.46. The zero-order valence-corrected chi connectivity index (χ0v) is 13.0. The third-order valence-corrected chi connectivity index (χ3v) is 3.88. The minimum Gasteiger partial charge on any atom is -0.455 e. The smallest absolute Gasteiger partial charge is 0.141 e. The molecule has 0 fully saturated rings. The molecule has 21 heavy (non-hydrogen) atoms. The second-order valence-electron chi connectivity index (χ2n) is 4.79. The van der Waals surface area contributed by atoms with Gasteiger partial charge in [0.1, 0.15) is 11.5 Å². The van der Waals surface area contributed by atoms with E-state index in [1.807, 2.05) is 48.5 Å². The lowest BCUT2D eigenvalue weighted by molar-refractivity contribution is 0.199. The largest absolute Gasteiger partial charge is 0.455 e. The van der Waals surface area contributed by atoms with E-state index in [9.17, 15) is 5.11 Å². The summed E-state index contributed by atoms with van der Waals surface area (Å²) < 4.78 is 6.80. The Morgan fingerprint density at radius 1 is 1.10 bits per heavy atom. The number of hydrogen-bond donors (Lipinski definition) is 1. The second kappa shape index (κ2) is 5.84. The standard InChI is InChI=1S/C17H14BrNO2/c1-11(20)12-7-8-17(14(18)10-12)21-16-6-2-5-15-13(16)4-3-9-19-15/h2-11,20H,1H3/t11-/m0/s1. The fraction of sp³-hybridized carbons (Fsp3) is 0.118. The Labute approximate surface area is 131 Å². The van der Waals surface area contributed by atoms with Gasteiger partial charge in [0, 0.05) is 11.6 Å². The van der Waals surface area contributed by atoms with E-state index in [0.29, 0.717) is 5.75 Å². The molecule has 3 rings (SSSR count). The van der Waals surface area contributed by atoms with E-state index in [1.165, 1.54) is 0 Å². The highest BCUT2D eigenvalue weighted by atomic mass is 79.9. The number of aliphatic hydroxyl groups excluding tert-OH is 1. The molecule has 0 radical (unpaired) electrons. The highest BCUT2D eigenvalue weighted by Crippen LogP contribution is 2.34. The molecule has 1 aromatic heterocycles. The van der Waals surface area contributed by atoms with E-state index < -0.39 is 6.10 Å². The van der Waals surface area contributed by atoms with Gasteiger partial charge < -0.3 is 9.84 Å². The van der Waals surface area contributed by atoms with Crippen LogP contribution in [-0.4, -0.2) is 10.1 Å². The molecule has 1 atom stereocenters. The maximum absolute atomic E-state index is 9.60. The molecule has 4 heteroatoms. The van der Waals surface area contributed by atoms with E-state index in [2.05, 4.69) is 20.9 Å². The number of hydrogen-bond acceptors (Lipinski definition) is 3. The van der Waals surface area contributed by atoms with Crippen molar-refractivity contribution in [2.24, 2.45) is 0 Å². The van der Waals surface area contributed by atoms with Gasteiger partial charge in [-0.25, -0.2) is 0 Å². The van der Waals surface area contributed by atoms with Gasteiger partial charge in [-0.3, -0.25) is 4.98 Å². The first-order valence-electron chi connectivity index (χ1n) is 6.64.